The standard InChI is InChI=1S/C20H23FN4O2/c1-6-19(26)24-20(23-17-11-16(27-5)8-7-13(17)2)25(4)12-15-9-14(3)22-18(21)10-15/h6-11H,1,12H2,2-5H3,(H,23,24,26). The maximum atomic E-state index is 13.6. The maximum Gasteiger partial charge on any atom is 0.250 e. The molecule has 0 saturated carbocycles. The topological polar surface area (TPSA) is 66.8 Å². The van der Waals surface area contributed by atoms with Crippen molar-refractivity contribution >= 4 is 17.6 Å². The molecule has 7 heteroatoms. The van der Waals surface area contributed by atoms with Crippen LogP contribution in [0.15, 0.2) is 48.0 Å². The van der Waals surface area contributed by atoms with E-state index in [1.165, 1.54) is 6.07 Å². The summed E-state index contributed by atoms with van der Waals surface area (Å²) in [5, 5.41) is 2.70. The Hall–Kier alpha value is -3.22. The predicted molar refractivity (Wildman–Crippen MR) is 104 cm³/mol. The molecule has 0 bridgehead atoms. The first-order chi connectivity index (χ1) is 12.8. The van der Waals surface area contributed by atoms with Crippen LogP contribution in [0.3, 0.4) is 0 Å². The van der Waals surface area contributed by atoms with Gasteiger partial charge in [0.05, 0.1) is 12.8 Å². The van der Waals surface area contributed by atoms with E-state index in [0.717, 1.165) is 11.6 Å². The van der Waals surface area contributed by atoms with Crippen LogP contribution in [0.25, 0.3) is 0 Å². The van der Waals surface area contributed by atoms with Gasteiger partial charge in [0.2, 0.25) is 17.8 Å². The van der Waals surface area contributed by atoms with Crippen molar-refractivity contribution in [2.45, 2.75) is 20.4 Å². The highest BCUT2D eigenvalue weighted by Crippen LogP contribution is 2.25. The first kappa shape index (κ1) is 20.1. The van der Waals surface area contributed by atoms with Gasteiger partial charge in [-0.2, -0.15) is 4.39 Å². The number of methoxy groups -OCH3 is 1. The number of hydrogen-bond acceptors (Lipinski definition) is 4. The van der Waals surface area contributed by atoms with Crippen LogP contribution in [0, 0.1) is 19.8 Å². The number of aryl methyl sites for hydroxylation is 2. The molecule has 0 aliphatic heterocycles. The van der Waals surface area contributed by atoms with Crippen LogP contribution in [0.5, 0.6) is 5.75 Å². The number of hydrogen-bond donors (Lipinski definition) is 1. The number of amides is 1. The van der Waals surface area contributed by atoms with E-state index in [4.69, 9.17) is 4.74 Å². The van der Waals surface area contributed by atoms with Crippen LogP contribution in [-0.2, 0) is 11.3 Å². The summed E-state index contributed by atoms with van der Waals surface area (Å²) in [6.07, 6.45) is 1.16. The van der Waals surface area contributed by atoms with Gasteiger partial charge in [0.1, 0.15) is 5.75 Å². The molecule has 0 unspecified atom stereocenters. The number of nitrogens with one attached hydrogen (secondary N) is 1. The minimum Gasteiger partial charge on any atom is -0.497 e. The van der Waals surface area contributed by atoms with Crippen molar-refractivity contribution < 1.29 is 13.9 Å². The third kappa shape index (κ3) is 5.64. The zero-order valence-electron chi connectivity index (χ0n) is 15.9. The summed E-state index contributed by atoms with van der Waals surface area (Å²) >= 11 is 0. The van der Waals surface area contributed by atoms with Gasteiger partial charge in [-0.05, 0) is 49.2 Å². The molecule has 0 radical (unpaired) electrons. The molecule has 6 nitrogen and oxygen atoms in total. The molecule has 0 aliphatic carbocycles. The summed E-state index contributed by atoms with van der Waals surface area (Å²) in [5.74, 6) is 0.0308. The molecule has 1 aromatic heterocycles. The Kier molecular flexibility index (Phi) is 6.65. The van der Waals surface area contributed by atoms with Crippen molar-refractivity contribution in [3.63, 3.8) is 0 Å². The van der Waals surface area contributed by atoms with Gasteiger partial charge in [-0.15, -0.1) is 0 Å². The van der Waals surface area contributed by atoms with Crippen molar-refractivity contribution in [2.24, 2.45) is 4.99 Å². The Morgan fingerprint density at radius 2 is 2.11 bits per heavy atom. The van der Waals surface area contributed by atoms with Crippen LogP contribution >= 0.6 is 0 Å². The number of benzene rings is 1. The lowest BCUT2D eigenvalue weighted by molar-refractivity contribution is -0.115. The van der Waals surface area contributed by atoms with E-state index in [-0.39, 0.29) is 0 Å². The van der Waals surface area contributed by atoms with Crippen molar-refractivity contribution in [2.75, 3.05) is 14.2 Å². The molecule has 0 atom stereocenters. The van der Waals surface area contributed by atoms with Gasteiger partial charge in [0.25, 0.3) is 0 Å². The second-order valence-corrected chi connectivity index (χ2v) is 6.08. The first-order valence-electron chi connectivity index (χ1n) is 8.33. The molecule has 1 N–H and O–H groups in total. The highest BCUT2D eigenvalue weighted by atomic mass is 19.1. The second kappa shape index (κ2) is 8.93. The quantitative estimate of drug-likeness (QED) is 0.380. The number of carbonyl (C=O) groups is 1. The highest BCUT2D eigenvalue weighted by Gasteiger charge is 2.12. The van der Waals surface area contributed by atoms with Crippen molar-refractivity contribution in [3.05, 3.63) is 65.8 Å². The van der Waals surface area contributed by atoms with Crippen LogP contribution in [0.1, 0.15) is 16.8 Å². The Bertz CT molecular complexity index is 860. The van der Waals surface area contributed by atoms with Gasteiger partial charge >= 0.3 is 0 Å². The second-order valence-electron chi connectivity index (χ2n) is 6.08. The lowest BCUT2D eigenvalue weighted by atomic mass is 10.2. The summed E-state index contributed by atoms with van der Waals surface area (Å²) < 4.78 is 18.8. The van der Waals surface area contributed by atoms with E-state index in [0.29, 0.717) is 35.2 Å². The number of carbonyl (C=O) groups excluding carboxylic acids is 1. The smallest absolute Gasteiger partial charge is 0.250 e. The monoisotopic (exact) mass is 370 g/mol. The number of pyridine rings is 1. The molecule has 2 aromatic rings. The molecular weight excluding hydrogens is 347 g/mol. The Balaban J connectivity index is 2.38. The fraction of sp³-hybridized carbons (Fsp3) is 0.250. The molecule has 1 heterocycles. The maximum absolute atomic E-state index is 13.6. The van der Waals surface area contributed by atoms with E-state index in [1.807, 2.05) is 19.1 Å². The molecule has 0 spiro atoms. The van der Waals surface area contributed by atoms with Gasteiger partial charge in [-0.25, -0.2) is 9.98 Å². The van der Waals surface area contributed by atoms with E-state index < -0.39 is 11.9 Å². The van der Waals surface area contributed by atoms with Crippen LogP contribution in [-0.4, -0.2) is 35.9 Å². The summed E-state index contributed by atoms with van der Waals surface area (Å²) in [6, 6.07) is 8.63. The van der Waals surface area contributed by atoms with Crippen molar-refractivity contribution in [1.82, 2.24) is 15.2 Å². The van der Waals surface area contributed by atoms with Crippen molar-refractivity contribution in [3.8, 4) is 5.75 Å². The van der Waals surface area contributed by atoms with Crippen LogP contribution < -0.4 is 10.1 Å². The van der Waals surface area contributed by atoms with Crippen molar-refractivity contribution in [1.29, 1.82) is 0 Å². The fourth-order valence-corrected chi connectivity index (χ4v) is 2.46. The molecule has 142 valence electrons. The zero-order valence-corrected chi connectivity index (χ0v) is 15.9. The van der Waals surface area contributed by atoms with Crippen LogP contribution in [0.4, 0.5) is 10.1 Å². The summed E-state index contributed by atoms with van der Waals surface area (Å²) in [6.45, 7) is 7.43. The fourth-order valence-electron chi connectivity index (χ4n) is 2.46. The predicted octanol–water partition coefficient (Wildman–Crippen LogP) is 3.27. The third-order valence-electron chi connectivity index (χ3n) is 3.83. The number of nitrogens with zero attached hydrogens (tertiary/aromatic N) is 3. The number of halogens is 1. The minimum atomic E-state index is -0.546. The van der Waals surface area contributed by atoms with E-state index >= 15 is 0 Å². The number of aliphatic imine (C=N–C) groups is 1. The summed E-state index contributed by atoms with van der Waals surface area (Å²) in [7, 11) is 3.33. The molecule has 0 saturated heterocycles. The van der Waals surface area contributed by atoms with E-state index in [2.05, 4.69) is 21.9 Å². The highest BCUT2D eigenvalue weighted by molar-refractivity contribution is 6.02. The average molecular weight is 370 g/mol. The Morgan fingerprint density at radius 1 is 1.37 bits per heavy atom. The average Bonchev–Trinajstić information content (AvgIpc) is 2.61. The zero-order chi connectivity index (χ0) is 20.0. The summed E-state index contributed by atoms with van der Waals surface area (Å²) in [4.78, 5) is 21.9. The SMILES string of the molecule is C=CC(=O)NC(=Nc1cc(OC)ccc1C)N(C)Cc1cc(C)nc(F)c1. The number of rotatable bonds is 5. The number of aromatic nitrogens is 1. The summed E-state index contributed by atoms with van der Waals surface area (Å²) in [5.41, 5.74) is 2.86. The van der Waals surface area contributed by atoms with Crippen LogP contribution in [0.2, 0.25) is 0 Å². The first-order valence-corrected chi connectivity index (χ1v) is 8.33. The minimum absolute atomic E-state index is 0.311. The molecule has 2 rings (SSSR count). The van der Waals surface area contributed by atoms with Gasteiger partial charge < -0.3 is 9.64 Å². The molecule has 0 fully saturated rings. The van der Waals surface area contributed by atoms with Gasteiger partial charge in [0.15, 0.2) is 0 Å². The normalized spacial score (nSPS) is 11.1. The molecule has 1 aromatic carbocycles. The lowest BCUT2D eigenvalue weighted by Gasteiger charge is -2.22. The molecule has 27 heavy (non-hydrogen) atoms. The van der Waals surface area contributed by atoms with E-state index in [1.54, 1.807) is 38.1 Å². The Morgan fingerprint density at radius 3 is 2.74 bits per heavy atom. The number of ether oxygens (including phenoxy) is 1. The third-order valence-corrected chi connectivity index (χ3v) is 3.83. The lowest BCUT2D eigenvalue weighted by Crippen LogP contribution is -2.41. The van der Waals surface area contributed by atoms with Gasteiger partial charge in [-0.3, -0.25) is 10.1 Å². The molecule has 1 amide bonds. The van der Waals surface area contributed by atoms with Gasteiger partial charge in [-0.1, -0.05) is 12.6 Å². The van der Waals surface area contributed by atoms with Gasteiger partial charge in [0, 0.05) is 25.4 Å². The largest absolute Gasteiger partial charge is 0.497 e. The Labute approximate surface area is 158 Å². The van der Waals surface area contributed by atoms with E-state index in [9.17, 15) is 9.18 Å². The molecular formula is C20H23FN4O2. The number of guanidine groups is 1. The molecule has 0 aliphatic rings.